The lowest BCUT2D eigenvalue weighted by atomic mass is 10.0. The van der Waals surface area contributed by atoms with E-state index in [-0.39, 0.29) is 17.7 Å². The number of carbonyl (C=O) groups is 1. The molecule has 64 valence electrons. The summed E-state index contributed by atoms with van der Waals surface area (Å²) in [5.74, 6) is -0.511. The number of primary amides is 1. The minimum Gasteiger partial charge on any atom is -0.369 e. The number of benzene rings is 1. The van der Waals surface area contributed by atoms with Gasteiger partial charge in [0.1, 0.15) is 0 Å². The zero-order chi connectivity index (χ0) is 8.97. The van der Waals surface area contributed by atoms with E-state index in [9.17, 15) is 4.79 Å². The Kier molecular flexibility index (Phi) is 3.11. The van der Waals surface area contributed by atoms with Crippen LogP contribution in [0.5, 0.6) is 0 Å². The number of rotatable bonds is 3. The summed E-state index contributed by atoms with van der Waals surface area (Å²) in [4.78, 5) is 10.9. The van der Waals surface area contributed by atoms with Crippen molar-refractivity contribution in [3.8, 4) is 0 Å². The molecule has 1 aromatic carbocycles. The minimum absolute atomic E-state index is 0.235. The van der Waals surface area contributed by atoms with Crippen LogP contribution in [0, 0.1) is 0 Å². The van der Waals surface area contributed by atoms with Gasteiger partial charge in [0.25, 0.3) is 0 Å². The molecule has 12 heavy (non-hydrogen) atoms. The second-order valence-electron chi connectivity index (χ2n) is 2.52. The van der Waals surface area contributed by atoms with E-state index >= 15 is 0 Å². The Morgan fingerprint density at radius 1 is 1.42 bits per heavy atom. The van der Waals surface area contributed by atoms with Crippen molar-refractivity contribution < 1.29 is 4.79 Å². The fraction of sp³-hybridized carbons (Fsp3) is 0.222. The highest BCUT2D eigenvalue weighted by Crippen LogP contribution is 2.15. The zero-order valence-electron chi connectivity index (χ0n) is 6.53. The van der Waals surface area contributed by atoms with Gasteiger partial charge in [-0.2, -0.15) is 0 Å². The molecule has 1 unspecified atom stereocenters. The maximum atomic E-state index is 10.9. The predicted molar refractivity (Wildman–Crippen MR) is 49.1 cm³/mol. The van der Waals surface area contributed by atoms with Gasteiger partial charge in [-0.05, 0) is 5.56 Å². The van der Waals surface area contributed by atoms with Gasteiger partial charge in [-0.1, -0.05) is 30.3 Å². The molecule has 0 fully saturated rings. The molecule has 0 heterocycles. The van der Waals surface area contributed by atoms with Crippen LogP contribution in [-0.2, 0) is 4.79 Å². The highest BCUT2D eigenvalue weighted by atomic mass is 35.5. The monoisotopic (exact) mass is 183 g/mol. The van der Waals surface area contributed by atoms with Gasteiger partial charge in [-0.3, -0.25) is 4.79 Å². The van der Waals surface area contributed by atoms with Gasteiger partial charge >= 0.3 is 0 Å². The lowest BCUT2D eigenvalue weighted by molar-refractivity contribution is -0.119. The van der Waals surface area contributed by atoms with E-state index < -0.39 is 0 Å². The third kappa shape index (κ3) is 1.98. The van der Waals surface area contributed by atoms with Crippen LogP contribution in [0.15, 0.2) is 30.3 Å². The van der Waals surface area contributed by atoms with E-state index in [0.717, 1.165) is 5.56 Å². The second-order valence-corrected chi connectivity index (χ2v) is 2.83. The first-order valence-corrected chi connectivity index (χ1v) is 4.19. The van der Waals surface area contributed by atoms with Crippen molar-refractivity contribution in [1.29, 1.82) is 0 Å². The molecule has 2 nitrogen and oxygen atoms in total. The third-order valence-electron chi connectivity index (χ3n) is 1.70. The van der Waals surface area contributed by atoms with E-state index in [4.69, 9.17) is 17.3 Å². The van der Waals surface area contributed by atoms with Crippen molar-refractivity contribution in [2.45, 2.75) is 5.92 Å². The molecule has 0 radical (unpaired) electrons. The number of hydrogen-bond donors (Lipinski definition) is 1. The highest BCUT2D eigenvalue weighted by molar-refractivity contribution is 6.20. The van der Waals surface area contributed by atoms with Gasteiger partial charge in [0.05, 0.1) is 5.92 Å². The second kappa shape index (κ2) is 4.12. The molecular formula is C9H10ClNO. The fourth-order valence-electron chi connectivity index (χ4n) is 1.01. The summed E-state index contributed by atoms with van der Waals surface area (Å²) in [6, 6.07) is 9.29. The molecule has 0 spiro atoms. The maximum Gasteiger partial charge on any atom is 0.226 e. The highest BCUT2D eigenvalue weighted by Gasteiger charge is 2.15. The molecule has 3 heteroatoms. The van der Waals surface area contributed by atoms with Crippen molar-refractivity contribution in [3.63, 3.8) is 0 Å². The van der Waals surface area contributed by atoms with E-state index in [0.29, 0.717) is 0 Å². The van der Waals surface area contributed by atoms with E-state index in [1.165, 1.54) is 0 Å². The molecule has 0 aromatic heterocycles. The first-order chi connectivity index (χ1) is 5.75. The fourth-order valence-corrected chi connectivity index (χ4v) is 1.34. The average molecular weight is 184 g/mol. The Morgan fingerprint density at radius 2 is 2.00 bits per heavy atom. The molecule has 2 N–H and O–H groups in total. The Bertz CT molecular complexity index is 260. The van der Waals surface area contributed by atoms with Gasteiger partial charge in [0, 0.05) is 5.88 Å². The molecule has 0 aliphatic heterocycles. The van der Waals surface area contributed by atoms with Crippen molar-refractivity contribution in [2.24, 2.45) is 5.73 Å². The Balaban J connectivity index is 2.88. The van der Waals surface area contributed by atoms with Gasteiger partial charge in [-0.25, -0.2) is 0 Å². The summed E-state index contributed by atoms with van der Waals surface area (Å²) >= 11 is 5.60. The summed E-state index contributed by atoms with van der Waals surface area (Å²) in [5, 5.41) is 0. The number of nitrogens with two attached hydrogens (primary N) is 1. The van der Waals surface area contributed by atoms with Crippen LogP contribution in [0.1, 0.15) is 11.5 Å². The lowest BCUT2D eigenvalue weighted by Crippen LogP contribution is -2.22. The van der Waals surface area contributed by atoms with Crippen LogP contribution in [0.4, 0.5) is 0 Å². The number of hydrogen-bond acceptors (Lipinski definition) is 1. The van der Waals surface area contributed by atoms with Crippen molar-refractivity contribution >= 4 is 17.5 Å². The van der Waals surface area contributed by atoms with Crippen LogP contribution in [0.25, 0.3) is 0 Å². The first kappa shape index (κ1) is 9.07. The molecule has 0 saturated heterocycles. The average Bonchev–Trinajstić information content (AvgIpc) is 2.07. The van der Waals surface area contributed by atoms with Crippen LogP contribution in [0.2, 0.25) is 0 Å². The van der Waals surface area contributed by atoms with Crippen molar-refractivity contribution in [3.05, 3.63) is 35.9 Å². The number of carbonyl (C=O) groups excluding carboxylic acids is 1. The number of halogens is 1. The topological polar surface area (TPSA) is 43.1 Å². The van der Waals surface area contributed by atoms with Crippen LogP contribution in [-0.4, -0.2) is 11.8 Å². The summed E-state index contributed by atoms with van der Waals surface area (Å²) in [6.07, 6.45) is 0. The standard InChI is InChI=1S/C9H10ClNO/c10-6-8(9(11)12)7-4-2-1-3-5-7/h1-5,8H,6H2,(H2,11,12). The molecular weight excluding hydrogens is 174 g/mol. The SMILES string of the molecule is NC(=O)C(CCl)c1ccccc1. The third-order valence-corrected chi connectivity index (χ3v) is 2.01. The normalized spacial score (nSPS) is 12.4. The van der Waals surface area contributed by atoms with Crippen LogP contribution < -0.4 is 5.73 Å². The van der Waals surface area contributed by atoms with E-state index in [1.54, 1.807) is 0 Å². The molecule has 0 aliphatic carbocycles. The molecule has 1 atom stereocenters. The molecule has 1 aromatic rings. The molecule has 0 saturated carbocycles. The lowest BCUT2D eigenvalue weighted by Gasteiger charge is -2.08. The Labute approximate surface area is 76.3 Å². The Morgan fingerprint density at radius 3 is 2.42 bits per heavy atom. The van der Waals surface area contributed by atoms with Crippen LogP contribution in [0.3, 0.4) is 0 Å². The summed E-state index contributed by atoms with van der Waals surface area (Å²) in [5.41, 5.74) is 6.03. The zero-order valence-corrected chi connectivity index (χ0v) is 7.29. The van der Waals surface area contributed by atoms with Crippen molar-refractivity contribution in [1.82, 2.24) is 0 Å². The summed E-state index contributed by atoms with van der Waals surface area (Å²) in [6.45, 7) is 0. The summed E-state index contributed by atoms with van der Waals surface area (Å²) < 4.78 is 0. The molecule has 1 rings (SSSR count). The number of amides is 1. The minimum atomic E-state index is -0.379. The molecule has 0 aliphatic rings. The van der Waals surface area contributed by atoms with E-state index in [2.05, 4.69) is 0 Å². The first-order valence-electron chi connectivity index (χ1n) is 3.66. The predicted octanol–water partition coefficient (Wildman–Crippen LogP) is 1.49. The van der Waals surface area contributed by atoms with Gasteiger partial charge in [-0.15, -0.1) is 11.6 Å². The largest absolute Gasteiger partial charge is 0.369 e. The summed E-state index contributed by atoms with van der Waals surface area (Å²) in [7, 11) is 0. The van der Waals surface area contributed by atoms with Gasteiger partial charge < -0.3 is 5.73 Å². The van der Waals surface area contributed by atoms with Gasteiger partial charge in [0.2, 0.25) is 5.91 Å². The van der Waals surface area contributed by atoms with Crippen LogP contribution >= 0.6 is 11.6 Å². The van der Waals surface area contributed by atoms with Gasteiger partial charge in [0.15, 0.2) is 0 Å². The number of alkyl halides is 1. The smallest absolute Gasteiger partial charge is 0.226 e. The van der Waals surface area contributed by atoms with E-state index in [1.807, 2.05) is 30.3 Å². The molecule has 0 bridgehead atoms. The van der Waals surface area contributed by atoms with Crippen molar-refractivity contribution in [2.75, 3.05) is 5.88 Å². The Hall–Kier alpha value is -1.02. The quantitative estimate of drug-likeness (QED) is 0.709. The molecule has 1 amide bonds. The maximum absolute atomic E-state index is 10.9.